The van der Waals surface area contributed by atoms with Crippen LogP contribution in [0.2, 0.25) is 0 Å². The molecule has 1 heterocycles. The van der Waals surface area contributed by atoms with Gasteiger partial charge in [-0.25, -0.2) is 0 Å². The summed E-state index contributed by atoms with van der Waals surface area (Å²) in [6.07, 6.45) is 3.09. The van der Waals surface area contributed by atoms with Gasteiger partial charge in [0, 0.05) is 37.7 Å². The second kappa shape index (κ2) is 11.6. The van der Waals surface area contributed by atoms with E-state index < -0.39 is 0 Å². The maximum absolute atomic E-state index is 13.2. The van der Waals surface area contributed by atoms with Crippen molar-refractivity contribution in [2.24, 2.45) is 5.73 Å². The fourth-order valence-corrected chi connectivity index (χ4v) is 3.30. The number of likely N-dealkylation sites (tertiary alicyclic amines) is 1. The van der Waals surface area contributed by atoms with Crippen LogP contribution in [-0.4, -0.2) is 63.7 Å². The number of benzene rings is 1. The van der Waals surface area contributed by atoms with Crippen LogP contribution in [0.15, 0.2) is 12.1 Å². The zero-order valence-electron chi connectivity index (χ0n) is 16.7. The molecule has 0 bridgehead atoms. The van der Waals surface area contributed by atoms with Gasteiger partial charge in [0.2, 0.25) is 11.7 Å². The smallest absolute Gasteiger partial charge is 0.254 e. The number of halogens is 1. The Morgan fingerprint density at radius 2 is 1.79 bits per heavy atom. The number of nitrogens with one attached hydrogen (secondary N) is 1. The van der Waals surface area contributed by atoms with Crippen LogP contribution in [0, 0.1) is 0 Å². The summed E-state index contributed by atoms with van der Waals surface area (Å²) < 4.78 is 16.0. The van der Waals surface area contributed by atoms with E-state index in [4.69, 9.17) is 19.9 Å². The fraction of sp³-hybridized carbons (Fsp3) is 0.579. The molecule has 0 radical (unpaired) electrons. The first-order valence-electron chi connectivity index (χ1n) is 9.13. The lowest BCUT2D eigenvalue weighted by Crippen LogP contribution is -2.49. The Morgan fingerprint density at radius 3 is 2.32 bits per heavy atom. The largest absolute Gasteiger partial charge is 0.493 e. The summed E-state index contributed by atoms with van der Waals surface area (Å²) in [6, 6.07) is 3.26. The lowest BCUT2D eigenvalue weighted by molar-refractivity contribution is -0.121. The third-order valence-corrected chi connectivity index (χ3v) is 4.71. The Labute approximate surface area is 172 Å². The Hall–Kier alpha value is -2.19. The molecule has 8 nitrogen and oxygen atoms in total. The van der Waals surface area contributed by atoms with Crippen molar-refractivity contribution in [3.63, 3.8) is 0 Å². The number of piperidine rings is 1. The van der Waals surface area contributed by atoms with Crippen molar-refractivity contribution >= 4 is 24.2 Å². The Kier molecular flexibility index (Phi) is 9.89. The second-order valence-corrected chi connectivity index (χ2v) is 6.40. The summed E-state index contributed by atoms with van der Waals surface area (Å²) in [5, 5.41) is 2.87. The summed E-state index contributed by atoms with van der Waals surface area (Å²) in [7, 11) is 4.55. The van der Waals surface area contributed by atoms with Gasteiger partial charge in [-0.2, -0.15) is 0 Å². The van der Waals surface area contributed by atoms with Gasteiger partial charge >= 0.3 is 0 Å². The summed E-state index contributed by atoms with van der Waals surface area (Å²) in [6.45, 7) is 1.38. The highest BCUT2D eigenvalue weighted by molar-refractivity contribution is 5.96. The lowest BCUT2D eigenvalue weighted by Gasteiger charge is -2.36. The van der Waals surface area contributed by atoms with Crippen molar-refractivity contribution in [1.82, 2.24) is 10.2 Å². The van der Waals surface area contributed by atoms with Gasteiger partial charge in [0.1, 0.15) is 0 Å². The predicted molar refractivity (Wildman–Crippen MR) is 109 cm³/mol. The number of ether oxygens (including phenoxy) is 3. The molecule has 1 aliphatic rings. The number of nitrogens with zero attached hydrogens (tertiary/aromatic N) is 1. The lowest BCUT2D eigenvalue weighted by atomic mass is 10.00. The molecule has 1 fully saturated rings. The van der Waals surface area contributed by atoms with Crippen molar-refractivity contribution < 1.29 is 23.8 Å². The number of hydrogen-bond acceptors (Lipinski definition) is 6. The van der Waals surface area contributed by atoms with Gasteiger partial charge in [-0.15, -0.1) is 12.4 Å². The van der Waals surface area contributed by atoms with E-state index in [9.17, 15) is 9.59 Å². The van der Waals surface area contributed by atoms with Crippen molar-refractivity contribution in [3.05, 3.63) is 17.7 Å². The number of rotatable bonds is 8. The van der Waals surface area contributed by atoms with Crippen LogP contribution >= 0.6 is 12.4 Å². The van der Waals surface area contributed by atoms with E-state index in [-0.39, 0.29) is 36.7 Å². The van der Waals surface area contributed by atoms with E-state index in [1.54, 1.807) is 12.1 Å². The van der Waals surface area contributed by atoms with Crippen LogP contribution in [0.5, 0.6) is 17.2 Å². The fourth-order valence-electron chi connectivity index (χ4n) is 3.30. The van der Waals surface area contributed by atoms with E-state index in [1.807, 2.05) is 4.90 Å². The van der Waals surface area contributed by atoms with Crippen molar-refractivity contribution in [1.29, 1.82) is 0 Å². The standard InChI is InChI=1S/C19H29N3O5.ClH/c1-25-15-10-13(11-16(26-2)18(15)27-3)19(24)22-9-5-4-6-14(22)12-21-17(23)7-8-20;/h10-11,14H,4-9,12,20H2,1-3H3,(H,21,23);1H. The molecule has 158 valence electrons. The van der Waals surface area contributed by atoms with Crippen LogP contribution in [0.25, 0.3) is 0 Å². The maximum Gasteiger partial charge on any atom is 0.254 e. The van der Waals surface area contributed by atoms with E-state index in [0.717, 1.165) is 19.3 Å². The average Bonchev–Trinajstić information content (AvgIpc) is 2.70. The zero-order valence-corrected chi connectivity index (χ0v) is 17.5. The normalized spacial score (nSPS) is 16.0. The van der Waals surface area contributed by atoms with E-state index >= 15 is 0 Å². The monoisotopic (exact) mass is 415 g/mol. The van der Waals surface area contributed by atoms with Crippen molar-refractivity contribution in [2.45, 2.75) is 31.7 Å². The third-order valence-electron chi connectivity index (χ3n) is 4.71. The minimum atomic E-state index is -0.118. The average molecular weight is 416 g/mol. The molecule has 0 spiro atoms. The highest BCUT2D eigenvalue weighted by atomic mass is 35.5. The highest BCUT2D eigenvalue weighted by Crippen LogP contribution is 2.38. The first kappa shape index (κ1) is 23.8. The van der Waals surface area contributed by atoms with Gasteiger partial charge in [0.05, 0.1) is 21.3 Å². The van der Waals surface area contributed by atoms with Gasteiger partial charge in [-0.05, 0) is 31.4 Å². The van der Waals surface area contributed by atoms with Gasteiger partial charge < -0.3 is 30.2 Å². The van der Waals surface area contributed by atoms with Gasteiger partial charge in [-0.3, -0.25) is 9.59 Å². The molecule has 9 heteroatoms. The SMILES string of the molecule is COc1cc(C(=O)N2CCCCC2CNC(=O)CCN)cc(OC)c1OC.Cl. The maximum atomic E-state index is 13.2. The minimum absolute atomic E-state index is 0. The number of carbonyl (C=O) groups excluding carboxylic acids is 2. The van der Waals surface area contributed by atoms with E-state index in [0.29, 0.717) is 42.4 Å². The van der Waals surface area contributed by atoms with Gasteiger partial charge in [-0.1, -0.05) is 0 Å². The molecule has 28 heavy (non-hydrogen) atoms. The zero-order chi connectivity index (χ0) is 19.8. The quantitative estimate of drug-likeness (QED) is 0.668. The Morgan fingerprint density at radius 1 is 1.14 bits per heavy atom. The van der Waals surface area contributed by atoms with Crippen LogP contribution in [0.1, 0.15) is 36.0 Å². The molecule has 2 rings (SSSR count). The molecule has 1 aliphatic heterocycles. The van der Waals surface area contributed by atoms with Crippen LogP contribution < -0.4 is 25.3 Å². The minimum Gasteiger partial charge on any atom is -0.493 e. The summed E-state index contributed by atoms with van der Waals surface area (Å²) >= 11 is 0. The number of hydrogen-bond donors (Lipinski definition) is 2. The Bertz CT molecular complexity index is 646. The van der Waals surface area contributed by atoms with Gasteiger partial charge in [0.25, 0.3) is 5.91 Å². The number of nitrogens with two attached hydrogens (primary N) is 1. The van der Waals surface area contributed by atoms with Crippen molar-refractivity contribution in [3.8, 4) is 17.2 Å². The summed E-state index contributed by atoms with van der Waals surface area (Å²) in [5.74, 6) is 1.10. The predicted octanol–water partition coefficient (Wildman–Crippen LogP) is 1.59. The van der Waals surface area contributed by atoms with E-state index in [1.165, 1.54) is 21.3 Å². The molecule has 1 aromatic rings. The number of amides is 2. The molecular weight excluding hydrogens is 386 g/mol. The highest BCUT2D eigenvalue weighted by Gasteiger charge is 2.29. The molecular formula is C19H30ClN3O5. The molecule has 1 unspecified atom stereocenters. The first-order valence-corrected chi connectivity index (χ1v) is 9.13. The molecule has 0 aliphatic carbocycles. The second-order valence-electron chi connectivity index (χ2n) is 6.40. The molecule has 3 N–H and O–H groups in total. The third kappa shape index (κ3) is 5.65. The molecule has 0 aromatic heterocycles. The molecule has 0 saturated carbocycles. The molecule has 2 amide bonds. The van der Waals surface area contributed by atoms with Gasteiger partial charge in [0.15, 0.2) is 11.5 Å². The van der Waals surface area contributed by atoms with Crippen molar-refractivity contribution in [2.75, 3.05) is 41.0 Å². The summed E-state index contributed by atoms with van der Waals surface area (Å²) in [5.41, 5.74) is 5.87. The number of carbonyl (C=O) groups is 2. The first-order chi connectivity index (χ1) is 13.0. The molecule has 1 saturated heterocycles. The molecule has 1 aromatic carbocycles. The van der Waals surface area contributed by atoms with E-state index in [2.05, 4.69) is 5.32 Å². The van der Waals surface area contributed by atoms with Crippen LogP contribution in [-0.2, 0) is 4.79 Å². The molecule has 1 atom stereocenters. The summed E-state index contributed by atoms with van der Waals surface area (Å²) in [4.78, 5) is 26.7. The van der Waals surface area contributed by atoms with Crippen LogP contribution in [0.3, 0.4) is 0 Å². The topological polar surface area (TPSA) is 103 Å². The Balaban J connectivity index is 0.00000392. The number of methoxy groups -OCH3 is 3. The van der Waals surface area contributed by atoms with Crippen LogP contribution in [0.4, 0.5) is 0 Å².